The maximum absolute atomic E-state index is 12.6. The van der Waals surface area contributed by atoms with E-state index in [1.54, 1.807) is 24.3 Å². The lowest BCUT2D eigenvalue weighted by Crippen LogP contribution is -2.39. The van der Waals surface area contributed by atoms with Gasteiger partial charge in [-0.25, -0.2) is 4.79 Å². The molecule has 3 N–H and O–H groups in total. The first-order chi connectivity index (χ1) is 13.8. The molecule has 1 aromatic heterocycles. The summed E-state index contributed by atoms with van der Waals surface area (Å²) in [4.78, 5) is 52.3. The Balaban J connectivity index is 1.90. The number of nitrogens with zero attached hydrogens (tertiary/aromatic N) is 1. The highest BCUT2D eigenvalue weighted by molar-refractivity contribution is 6.31. The van der Waals surface area contributed by atoms with Gasteiger partial charge in [0.15, 0.2) is 0 Å². The molecule has 29 heavy (non-hydrogen) atoms. The number of hydrogen-bond acceptors (Lipinski definition) is 4. The fourth-order valence-electron chi connectivity index (χ4n) is 2.83. The standard InChI is InChI=1S/C20H19ClN4O4/c1-11(2)22-18(27)13-8-7-12(21)9-16(13)23-17(26)10-25-19(28)14-5-3-4-6-15(14)24-20(25)29/h3-9,11H,10H2,1-2H3,(H,22,27)(H,23,26)(H,24,29). The largest absolute Gasteiger partial charge is 0.350 e. The third kappa shape index (κ3) is 4.55. The summed E-state index contributed by atoms with van der Waals surface area (Å²) >= 11 is 5.99. The van der Waals surface area contributed by atoms with Crippen LogP contribution < -0.4 is 21.9 Å². The summed E-state index contributed by atoms with van der Waals surface area (Å²) in [5, 5.41) is 5.91. The molecule has 150 valence electrons. The van der Waals surface area contributed by atoms with Gasteiger partial charge in [0.1, 0.15) is 6.54 Å². The first-order valence-electron chi connectivity index (χ1n) is 8.88. The highest BCUT2D eigenvalue weighted by Gasteiger charge is 2.17. The van der Waals surface area contributed by atoms with E-state index in [1.807, 2.05) is 13.8 Å². The van der Waals surface area contributed by atoms with Crippen molar-refractivity contribution in [3.8, 4) is 0 Å². The molecule has 0 atom stereocenters. The summed E-state index contributed by atoms with van der Waals surface area (Å²) in [6.45, 7) is 3.10. The Kier molecular flexibility index (Phi) is 5.84. The number of aromatic amines is 1. The Morgan fingerprint density at radius 1 is 1.14 bits per heavy atom. The van der Waals surface area contributed by atoms with Crippen LogP contribution in [0.1, 0.15) is 24.2 Å². The van der Waals surface area contributed by atoms with E-state index >= 15 is 0 Å². The Morgan fingerprint density at radius 2 is 1.86 bits per heavy atom. The lowest BCUT2D eigenvalue weighted by molar-refractivity contribution is -0.116. The lowest BCUT2D eigenvalue weighted by atomic mass is 10.1. The second kappa shape index (κ2) is 8.32. The average Bonchev–Trinajstić information content (AvgIpc) is 2.64. The number of rotatable bonds is 5. The summed E-state index contributed by atoms with van der Waals surface area (Å²) in [6.07, 6.45) is 0. The van der Waals surface area contributed by atoms with Crippen LogP contribution >= 0.6 is 11.6 Å². The van der Waals surface area contributed by atoms with Crippen LogP contribution in [0.3, 0.4) is 0 Å². The molecule has 2 amide bonds. The first-order valence-corrected chi connectivity index (χ1v) is 9.26. The highest BCUT2D eigenvalue weighted by atomic mass is 35.5. The summed E-state index contributed by atoms with van der Waals surface area (Å²) in [7, 11) is 0. The van der Waals surface area contributed by atoms with Gasteiger partial charge in [0.05, 0.1) is 22.2 Å². The van der Waals surface area contributed by atoms with E-state index in [-0.39, 0.29) is 23.2 Å². The number of amides is 2. The number of carbonyl (C=O) groups excluding carboxylic acids is 2. The molecule has 0 radical (unpaired) electrons. The summed E-state index contributed by atoms with van der Waals surface area (Å²) in [5.74, 6) is -1.03. The van der Waals surface area contributed by atoms with Crippen molar-refractivity contribution < 1.29 is 9.59 Å². The van der Waals surface area contributed by atoms with Gasteiger partial charge in [0, 0.05) is 11.1 Å². The minimum absolute atomic E-state index is 0.100. The normalized spacial score (nSPS) is 10.9. The van der Waals surface area contributed by atoms with Crippen LogP contribution in [-0.2, 0) is 11.3 Å². The molecule has 0 spiro atoms. The number of H-pyrrole nitrogens is 1. The average molecular weight is 415 g/mol. The number of anilines is 1. The number of para-hydroxylation sites is 1. The molecule has 9 heteroatoms. The van der Waals surface area contributed by atoms with Gasteiger partial charge in [-0.1, -0.05) is 23.7 Å². The Bertz CT molecular complexity index is 1210. The van der Waals surface area contributed by atoms with Crippen LogP contribution in [0.5, 0.6) is 0 Å². The van der Waals surface area contributed by atoms with Crippen LogP contribution in [0.25, 0.3) is 10.9 Å². The Hall–Kier alpha value is -3.39. The van der Waals surface area contributed by atoms with Crippen molar-refractivity contribution in [2.75, 3.05) is 5.32 Å². The monoisotopic (exact) mass is 414 g/mol. The van der Waals surface area contributed by atoms with Crippen molar-refractivity contribution in [1.82, 2.24) is 14.9 Å². The molecule has 0 unspecified atom stereocenters. The second-order valence-electron chi connectivity index (χ2n) is 6.73. The lowest BCUT2D eigenvalue weighted by Gasteiger charge is -2.14. The number of fused-ring (bicyclic) bond motifs is 1. The zero-order valence-electron chi connectivity index (χ0n) is 15.8. The molecule has 1 heterocycles. The van der Waals surface area contributed by atoms with Gasteiger partial charge in [-0.3, -0.25) is 19.0 Å². The number of nitrogens with one attached hydrogen (secondary N) is 3. The number of benzene rings is 2. The zero-order valence-corrected chi connectivity index (χ0v) is 16.5. The third-order valence-electron chi connectivity index (χ3n) is 4.11. The molecule has 0 bridgehead atoms. The van der Waals surface area contributed by atoms with Crippen LogP contribution in [0.2, 0.25) is 5.02 Å². The third-order valence-corrected chi connectivity index (χ3v) is 4.35. The minimum atomic E-state index is -0.701. The van der Waals surface area contributed by atoms with Crippen molar-refractivity contribution in [2.24, 2.45) is 0 Å². The smallest absolute Gasteiger partial charge is 0.329 e. The van der Waals surface area contributed by atoms with Crippen LogP contribution in [0, 0.1) is 0 Å². The summed E-state index contributed by atoms with van der Waals surface area (Å²) in [6, 6.07) is 10.9. The molecule has 2 aromatic carbocycles. The molecular weight excluding hydrogens is 396 g/mol. The van der Waals surface area contributed by atoms with E-state index in [0.29, 0.717) is 15.9 Å². The van der Waals surface area contributed by atoms with E-state index in [1.165, 1.54) is 18.2 Å². The zero-order chi connectivity index (χ0) is 21.1. The molecule has 0 fully saturated rings. The van der Waals surface area contributed by atoms with Crippen LogP contribution in [-0.4, -0.2) is 27.4 Å². The van der Waals surface area contributed by atoms with Crippen LogP contribution in [0.15, 0.2) is 52.1 Å². The molecule has 0 aliphatic rings. The maximum atomic E-state index is 12.6. The Morgan fingerprint density at radius 3 is 2.59 bits per heavy atom. The minimum Gasteiger partial charge on any atom is -0.350 e. The second-order valence-corrected chi connectivity index (χ2v) is 7.17. The molecule has 3 rings (SSSR count). The van der Waals surface area contributed by atoms with E-state index < -0.39 is 23.7 Å². The highest BCUT2D eigenvalue weighted by Crippen LogP contribution is 2.21. The fourth-order valence-corrected chi connectivity index (χ4v) is 3.01. The predicted molar refractivity (Wildman–Crippen MR) is 112 cm³/mol. The van der Waals surface area contributed by atoms with Gasteiger partial charge in [0.2, 0.25) is 5.91 Å². The van der Waals surface area contributed by atoms with Crippen molar-refractivity contribution in [3.05, 3.63) is 73.9 Å². The summed E-state index contributed by atoms with van der Waals surface area (Å²) in [5.41, 5.74) is -0.486. The molecule has 0 aliphatic heterocycles. The van der Waals surface area contributed by atoms with Gasteiger partial charge in [-0.2, -0.15) is 0 Å². The molecule has 0 aliphatic carbocycles. The van der Waals surface area contributed by atoms with Gasteiger partial charge >= 0.3 is 5.69 Å². The van der Waals surface area contributed by atoms with E-state index in [0.717, 1.165) is 4.57 Å². The molecule has 8 nitrogen and oxygen atoms in total. The van der Waals surface area contributed by atoms with Gasteiger partial charge in [0.25, 0.3) is 11.5 Å². The van der Waals surface area contributed by atoms with Crippen molar-refractivity contribution in [1.29, 1.82) is 0 Å². The number of carbonyl (C=O) groups is 2. The quantitative estimate of drug-likeness (QED) is 0.593. The number of halogens is 1. The topological polar surface area (TPSA) is 113 Å². The maximum Gasteiger partial charge on any atom is 0.329 e. The predicted octanol–water partition coefficient (Wildman–Crippen LogP) is 2.12. The number of hydrogen-bond donors (Lipinski definition) is 3. The number of aromatic nitrogens is 2. The molecular formula is C20H19ClN4O4. The van der Waals surface area contributed by atoms with Gasteiger partial charge in [-0.15, -0.1) is 0 Å². The van der Waals surface area contributed by atoms with E-state index in [2.05, 4.69) is 15.6 Å². The van der Waals surface area contributed by atoms with Gasteiger partial charge < -0.3 is 15.6 Å². The van der Waals surface area contributed by atoms with Crippen molar-refractivity contribution in [2.45, 2.75) is 26.4 Å². The SMILES string of the molecule is CC(C)NC(=O)c1ccc(Cl)cc1NC(=O)Cn1c(=O)[nH]c2ccccc2c1=O. The van der Waals surface area contributed by atoms with Crippen molar-refractivity contribution in [3.63, 3.8) is 0 Å². The van der Waals surface area contributed by atoms with E-state index in [9.17, 15) is 19.2 Å². The van der Waals surface area contributed by atoms with E-state index in [4.69, 9.17) is 11.6 Å². The van der Waals surface area contributed by atoms with Gasteiger partial charge in [-0.05, 0) is 44.2 Å². The summed E-state index contributed by atoms with van der Waals surface area (Å²) < 4.78 is 0.802. The molecule has 0 saturated heterocycles. The Labute approximate surface area is 170 Å². The fraction of sp³-hybridized carbons (Fsp3) is 0.200. The molecule has 0 saturated carbocycles. The van der Waals surface area contributed by atoms with Crippen molar-refractivity contribution >= 4 is 40.0 Å². The molecule has 3 aromatic rings. The first kappa shape index (κ1) is 20.3. The van der Waals surface area contributed by atoms with Crippen LogP contribution in [0.4, 0.5) is 5.69 Å².